The van der Waals surface area contributed by atoms with Crippen molar-refractivity contribution in [3.05, 3.63) is 235 Å². The number of nitrogens with one attached hydrogen (secondary N) is 2. The summed E-state index contributed by atoms with van der Waals surface area (Å²) in [7, 11) is 4.33. The summed E-state index contributed by atoms with van der Waals surface area (Å²) in [5.41, 5.74) is -21.5. The maximum atomic E-state index is 15.3. The van der Waals surface area contributed by atoms with Crippen LogP contribution in [0, 0.1) is 186 Å². The smallest absolute Gasteiger partial charge is 0.191 e. The lowest BCUT2D eigenvalue weighted by Crippen LogP contribution is -3.13. The van der Waals surface area contributed by atoms with E-state index < -0.39 is 291 Å². The Morgan fingerprint density at radius 2 is 0.343 bits per heavy atom. The second-order valence-corrected chi connectivity index (χ2v) is 24.1. The minimum absolute atomic E-state index is 0.417. The van der Waals surface area contributed by atoms with Crippen LogP contribution < -0.4 is 53.5 Å². The molecule has 0 fully saturated rings. The highest BCUT2D eigenvalue weighted by Crippen LogP contribution is 2.31. The Morgan fingerprint density at radius 1 is 0.225 bits per heavy atom. The van der Waals surface area contributed by atoms with Crippen molar-refractivity contribution in [3.63, 3.8) is 0 Å². The lowest BCUT2D eigenvalue weighted by Gasteiger charge is -2.44. The molecule has 102 heavy (non-hydrogen) atoms. The maximum absolute atomic E-state index is 15.3. The Morgan fingerprint density at radius 3 is 0.441 bits per heavy atom. The Kier molecular flexibility index (Phi) is 27.5. The van der Waals surface area contributed by atoms with Crippen molar-refractivity contribution < 1.29 is 150 Å². The highest BCUT2D eigenvalue weighted by molar-refractivity contribution is 7.21. The van der Waals surface area contributed by atoms with Crippen LogP contribution in [0.1, 0.15) is 80.1 Å². The molecule has 0 radical (unpaired) electrons. The van der Waals surface area contributed by atoms with E-state index >= 15 is 70.2 Å². The van der Waals surface area contributed by atoms with Gasteiger partial charge >= 0.3 is 0 Å². The molecule has 0 heterocycles. The lowest BCUT2D eigenvalue weighted by atomic mass is 9.12. The molecule has 0 bridgehead atoms. The van der Waals surface area contributed by atoms with Gasteiger partial charge in [0.25, 0.3) is 0 Å². The molecule has 8 aromatic rings. The first kappa shape index (κ1) is 84.2. The highest BCUT2D eigenvalue weighted by atomic mass is 19.2. The zero-order valence-corrected chi connectivity index (χ0v) is 53.7. The fourth-order valence-electron chi connectivity index (χ4n) is 11.2. The van der Waals surface area contributed by atoms with E-state index in [0.29, 0.717) is 5.54 Å². The molecular weight excluding hydrogens is 1450 g/mol. The van der Waals surface area contributed by atoms with E-state index in [0.717, 1.165) is 0 Å². The third-order valence-electron chi connectivity index (χ3n) is 16.8. The molecule has 0 aliphatic heterocycles. The summed E-state index contributed by atoms with van der Waals surface area (Å²) < 4.78 is 471. The largest absolute Gasteiger partial charge is 0.336 e. The lowest BCUT2D eigenvalue weighted by molar-refractivity contribution is -0.908. The minimum Gasteiger partial charge on any atom is -0.336 e. The fourth-order valence-corrected chi connectivity index (χ4v) is 11.2. The van der Waals surface area contributed by atoms with E-state index in [4.69, 9.17) is 0 Å². The van der Waals surface area contributed by atoms with Gasteiger partial charge in [0.1, 0.15) is 58.8 Å². The van der Waals surface area contributed by atoms with Crippen molar-refractivity contribution in [3.8, 4) is 0 Å². The molecule has 0 saturated heterocycles. The molecule has 0 unspecified atom stereocenters. The second kappa shape index (κ2) is 33.3. The van der Waals surface area contributed by atoms with E-state index in [1.165, 1.54) is 63.1 Å². The Hall–Kier alpha value is -8.43. The van der Waals surface area contributed by atoms with Gasteiger partial charge in [0.2, 0.25) is 0 Å². The molecular formula is C66H52B2F32N2. The van der Waals surface area contributed by atoms with Gasteiger partial charge in [-0.1, -0.05) is 40.0 Å². The first-order valence-corrected chi connectivity index (χ1v) is 29.9. The van der Waals surface area contributed by atoms with Gasteiger partial charge < -0.3 is 9.80 Å². The molecule has 0 aromatic heterocycles. The summed E-state index contributed by atoms with van der Waals surface area (Å²) in [6.45, 7) is 17.7. The average Bonchev–Trinajstić information content (AvgIpc) is 0.696. The first-order valence-electron chi connectivity index (χ1n) is 29.9. The average molecular weight is 1500 g/mol. The van der Waals surface area contributed by atoms with Crippen molar-refractivity contribution in [2.75, 3.05) is 33.7 Å². The quantitative estimate of drug-likeness (QED) is 0.0389. The van der Waals surface area contributed by atoms with Gasteiger partial charge in [0, 0.05) is 48.5 Å². The Balaban J connectivity index is 0.000000290. The van der Waals surface area contributed by atoms with E-state index in [1.807, 2.05) is 4.90 Å². The predicted octanol–water partition coefficient (Wildman–Crippen LogP) is 12.8. The van der Waals surface area contributed by atoms with Crippen molar-refractivity contribution in [1.82, 2.24) is 0 Å². The number of unbranched alkanes of at least 4 members (excludes halogenated alkanes) is 3. The van der Waals surface area contributed by atoms with Crippen molar-refractivity contribution >= 4 is 56.0 Å². The summed E-state index contributed by atoms with van der Waals surface area (Å²) in [6, 6.07) is -5.85. The standard InChI is InChI=1S/2C24H4BF16.C12H27N.C6H15N/c2*26-5-1-9(30)17(34)21(38)13(5)25(14-6(27)2-10(31)18(35)22(14)39,15-7(28)3-11(32)19(36)23(15)40)16-8(29)4-12(33)20(37)24(16)41;1-4-7-10-13(11-8-5-2)12-9-6-3;1-6(2,3)7(4)5/h2*1-4H;4-12H2,1-3H3;1-5H3/q2*-1;;/p+2. The Bertz CT molecular complexity index is 3670. The van der Waals surface area contributed by atoms with Crippen LogP contribution in [0.15, 0.2) is 48.5 Å². The number of benzene rings is 8. The zero-order valence-electron chi connectivity index (χ0n) is 53.7. The van der Waals surface area contributed by atoms with Gasteiger partial charge in [0.15, 0.2) is 93.1 Å². The topological polar surface area (TPSA) is 8.88 Å². The van der Waals surface area contributed by atoms with Crippen LogP contribution in [0.25, 0.3) is 0 Å². The van der Waals surface area contributed by atoms with Crippen LogP contribution in [0.2, 0.25) is 0 Å². The Labute approximate surface area is 559 Å². The molecule has 0 spiro atoms. The molecule has 0 saturated carbocycles. The summed E-state index contributed by atoms with van der Waals surface area (Å²) >= 11 is 0. The minimum atomic E-state index is -6.18. The van der Waals surface area contributed by atoms with Gasteiger partial charge in [-0.2, -0.15) is 0 Å². The maximum Gasteiger partial charge on any atom is 0.191 e. The summed E-state index contributed by atoms with van der Waals surface area (Å²) in [4.78, 5) is 3.33. The van der Waals surface area contributed by atoms with Gasteiger partial charge in [-0.3, -0.25) is 0 Å². The number of quaternary nitrogens is 2. The number of halogens is 32. The highest BCUT2D eigenvalue weighted by Gasteiger charge is 2.52. The number of hydrogen-bond acceptors (Lipinski definition) is 0. The fraction of sp³-hybridized carbons (Fsp3) is 0.273. The zero-order chi connectivity index (χ0) is 77.8. The van der Waals surface area contributed by atoms with E-state index in [9.17, 15) is 70.2 Å². The van der Waals surface area contributed by atoms with Crippen molar-refractivity contribution in [1.29, 1.82) is 0 Å². The van der Waals surface area contributed by atoms with Crippen LogP contribution in [0.3, 0.4) is 0 Å². The van der Waals surface area contributed by atoms with E-state index in [1.54, 1.807) is 0 Å². The van der Waals surface area contributed by atoms with Gasteiger partial charge in [-0.05, 0) is 40.0 Å². The van der Waals surface area contributed by atoms with Gasteiger partial charge in [-0.15, -0.1) is 43.7 Å². The predicted molar refractivity (Wildman–Crippen MR) is 312 cm³/mol. The molecule has 36 heteroatoms. The molecule has 556 valence electrons. The summed E-state index contributed by atoms with van der Waals surface area (Å²) in [5, 5.41) is 0. The molecule has 8 rings (SSSR count). The molecule has 0 aliphatic rings. The van der Waals surface area contributed by atoms with E-state index in [-0.39, 0.29) is 0 Å². The third-order valence-corrected chi connectivity index (χ3v) is 16.8. The molecule has 8 aromatic carbocycles. The third kappa shape index (κ3) is 15.9. The molecule has 0 aliphatic carbocycles. The van der Waals surface area contributed by atoms with Crippen molar-refractivity contribution in [2.24, 2.45) is 0 Å². The molecule has 0 atom stereocenters. The van der Waals surface area contributed by atoms with E-state index in [2.05, 4.69) is 55.6 Å². The number of rotatable bonds is 17. The summed E-state index contributed by atoms with van der Waals surface area (Å²) in [5.74, 6) is -90.1. The second-order valence-electron chi connectivity index (χ2n) is 24.1. The van der Waals surface area contributed by atoms with Gasteiger partial charge in [0.05, 0.1) is 85.8 Å². The first-order chi connectivity index (χ1) is 47.3. The van der Waals surface area contributed by atoms with Crippen LogP contribution in [-0.4, -0.2) is 51.6 Å². The summed E-state index contributed by atoms with van der Waals surface area (Å²) in [6.07, 6.45) is -4.10. The molecule has 0 amide bonds. The van der Waals surface area contributed by atoms with Crippen molar-refractivity contribution in [2.45, 2.75) is 85.6 Å². The van der Waals surface area contributed by atoms with Crippen LogP contribution >= 0.6 is 0 Å². The normalized spacial score (nSPS) is 11.9. The molecule has 2 N–H and O–H groups in total. The SMILES string of the molecule is CCCC[NH+](CCCC)CCCC.C[NH+](C)C(C)(C)C.Fc1cc(F)c([B-](c2c(F)cc(F)c(F)c2F)(c2c(F)cc(F)c(F)c2F)c2c(F)cc(F)c(F)c2F)c(F)c1F.Fc1cc(F)c([B-](c2c(F)cc(F)c(F)c2F)(c2c(F)cc(F)c(F)c2F)c2c(F)cc(F)c(F)c2F)c(F)c1F. The van der Waals surface area contributed by atoms with Crippen LogP contribution in [-0.2, 0) is 0 Å². The van der Waals surface area contributed by atoms with Gasteiger partial charge in [-0.25, -0.2) is 140 Å². The van der Waals surface area contributed by atoms with Crippen LogP contribution in [0.4, 0.5) is 140 Å². The number of hydrogen-bond donors (Lipinski definition) is 2. The molecule has 2 nitrogen and oxygen atoms in total. The van der Waals surface area contributed by atoms with Crippen LogP contribution in [0.5, 0.6) is 0 Å². The monoisotopic (exact) mass is 1500 g/mol.